The third kappa shape index (κ3) is 5.79. The first-order valence-electron chi connectivity index (χ1n) is 11.0. The van der Waals surface area contributed by atoms with Crippen LogP contribution in [0.25, 0.3) is 0 Å². The first-order valence-corrected chi connectivity index (χ1v) is 11.0. The van der Waals surface area contributed by atoms with Crippen molar-refractivity contribution in [2.24, 2.45) is 5.92 Å². The molecular weight excluding hydrogens is 334 g/mol. The number of hydrogen-bond acceptors (Lipinski definition) is 3. The molecule has 1 atom stereocenters. The van der Waals surface area contributed by atoms with Gasteiger partial charge in [0.25, 0.3) is 0 Å². The van der Waals surface area contributed by atoms with Gasteiger partial charge in [0, 0.05) is 37.6 Å². The minimum Gasteiger partial charge on any atom is -0.342 e. The summed E-state index contributed by atoms with van der Waals surface area (Å²) < 4.78 is 0. The second-order valence-electron chi connectivity index (χ2n) is 8.54. The number of benzene rings is 1. The highest BCUT2D eigenvalue weighted by molar-refractivity contribution is 5.78. The molecule has 0 aliphatic carbocycles. The number of carbonyl (C=O) groups is 1. The predicted molar refractivity (Wildman–Crippen MR) is 112 cm³/mol. The van der Waals surface area contributed by atoms with E-state index < -0.39 is 0 Å². The van der Waals surface area contributed by atoms with Gasteiger partial charge in [-0.2, -0.15) is 0 Å². The minimum absolute atomic E-state index is 0.111. The Kier molecular flexibility index (Phi) is 7.71. The van der Waals surface area contributed by atoms with Crippen molar-refractivity contribution in [2.45, 2.75) is 64.5 Å². The average Bonchev–Trinajstić information content (AvgIpc) is 2.98. The monoisotopic (exact) mass is 371 g/mol. The van der Waals surface area contributed by atoms with E-state index in [4.69, 9.17) is 0 Å². The molecule has 0 unspecified atom stereocenters. The number of rotatable bonds is 6. The summed E-state index contributed by atoms with van der Waals surface area (Å²) in [6.07, 6.45) is 7.51. The smallest absolute Gasteiger partial charge is 0.225 e. The highest BCUT2D eigenvalue weighted by Crippen LogP contribution is 2.24. The third-order valence-corrected chi connectivity index (χ3v) is 6.17. The lowest BCUT2D eigenvalue weighted by Gasteiger charge is -2.36. The molecule has 4 heteroatoms. The van der Waals surface area contributed by atoms with Crippen LogP contribution in [0.5, 0.6) is 0 Å². The Morgan fingerprint density at radius 3 is 2.22 bits per heavy atom. The molecule has 1 amide bonds. The zero-order chi connectivity index (χ0) is 19.1. The van der Waals surface area contributed by atoms with Crippen LogP contribution in [-0.4, -0.2) is 54.5 Å². The summed E-state index contributed by atoms with van der Waals surface area (Å²) >= 11 is 0. The van der Waals surface area contributed by atoms with E-state index in [1.54, 1.807) is 0 Å². The maximum absolute atomic E-state index is 12.2. The number of hydrogen-bond donors (Lipinski definition) is 1. The molecule has 0 aromatic heterocycles. The molecule has 27 heavy (non-hydrogen) atoms. The largest absolute Gasteiger partial charge is 0.342 e. The van der Waals surface area contributed by atoms with Crippen LogP contribution in [0.4, 0.5) is 0 Å². The number of amides is 1. The van der Waals surface area contributed by atoms with E-state index in [9.17, 15) is 4.79 Å². The quantitative estimate of drug-likeness (QED) is 0.825. The molecule has 1 N–H and O–H groups in total. The van der Waals surface area contributed by atoms with Gasteiger partial charge >= 0.3 is 0 Å². The van der Waals surface area contributed by atoms with Crippen molar-refractivity contribution < 1.29 is 4.79 Å². The van der Waals surface area contributed by atoms with Crippen molar-refractivity contribution >= 4 is 5.91 Å². The Morgan fingerprint density at radius 2 is 1.63 bits per heavy atom. The van der Waals surface area contributed by atoms with E-state index in [1.807, 2.05) is 18.7 Å². The fourth-order valence-corrected chi connectivity index (χ4v) is 4.49. The number of likely N-dealkylation sites (tertiary alicyclic amines) is 2. The predicted octanol–water partition coefficient (Wildman–Crippen LogP) is 3.84. The Bertz CT molecular complexity index is 558. The van der Waals surface area contributed by atoms with Crippen molar-refractivity contribution in [3.05, 3.63) is 35.9 Å². The van der Waals surface area contributed by atoms with Crippen molar-refractivity contribution in [3.8, 4) is 0 Å². The van der Waals surface area contributed by atoms with Crippen LogP contribution in [0.2, 0.25) is 0 Å². The Morgan fingerprint density at radius 1 is 1.00 bits per heavy atom. The summed E-state index contributed by atoms with van der Waals surface area (Å²) in [7, 11) is 0. The van der Waals surface area contributed by atoms with Crippen LogP contribution in [-0.2, 0) is 4.79 Å². The van der Waals surface area contributed by atoms with E-state index in [0.717, 1.165) is 32.5 Å². The topological polar surface area (TPSA) is 35.6 Å². The summed E-state index contributed by atoms with van der Waals surface area (Å²) in [5, 5.41) is 3.85. The SMILES string of the molecule is CC(C)C(=O)N1CCC(NC[C@H](c2ccccc2)N2CCCCCC2)CC1. The van der Waals surface area contributed by atoms with Crippen molar-refractivity contribution in [1.29, 1.82) is 0 Å². The first-order chi connectivity index (χ1) is 13.1. The van der Waals surface area contributed by atoms with E-state index >= 15 is 0 Å². The Balaban J connectivity index is 1.56. The molecule has 2 fully saturated rings. The lowest BCUT2D eigenvalue weighted by molar-refractivity contribution is -0.135. The van der Waals surface area contributed by atoms with Crippen molar-refractivity contribution in [1.82, 2.24) is 15.1 Å². The van der Waals surface area contributed by atoms with Gasteiger partial charge in [-0.1, -0.05) is 57.0 Å². The molecule has 0 bridgehead atoms. The number of piperidine rings is 1. The summed E-state index contributed by atoms with van der Waals surface area (Å²) in [5.74, 6) is 0.417. The number of nitrogens with zero attached hydrogens (tertiary/aromatic N) is 2. The van der Waals surface area contributed by atoms with Gasteiger partial charge in [-0.05, 0) is 44.3 Å². The van der Waals surface area contributed by atoms with Gasteiger partial charge in [0.05, 0.1) is 0 Å². The second-order valence-corrected chi connectivity index (χ2v) is 8.54. The molecule has 2 saturated heterocycles. The molecule has 1 aromatic rings. The highest BCUT2D eigenvalue weighted by atomic mass is 16.2. The zero-order valence-electron chi connectivity index (χ0n) is 17.2. The molecule has 1 aromatic carbocycles. The summed E-state index contributed by atoms with van der Waals surface area (Å²) in [5.41, 5.74) is 1.43. The van der Waals surface area contributed by atoms with E-state index in [2.05, 4.69) is 40.5 Å². The van der Waals surface area contributed by atoms with Crippen molar-refractivity contribution in [2.75, 3.05) is 32.7 Å². The van der Waals surface area contributed by atoms with Crippen LogP contribution in [0.15, 0.2) is 30.3 Å². The van der Waals surface area contributed by atoms with Crippen LogP contribution in [0, 0.1) is 5.92 Å². The molecule has 3 rings (SSSR count). The molecule has 2 aliphatic heterocycles. The molecule has 0 radical (unpaired) electrons. The van der Waals surface area contributed by atoms with Gasteiger partial charge in [0.2, 0.25) is 5.91 Å². The lowest BCUT2D eigenvalue weighted by Crippen LogP contribution is -2.48. The molecule has 150 valence electrons. The van der Waals surface area contributed by atoms with Gasteiger partial charge in [-0.25, -0.2) is 0 Å². The van der Waals surface area contributed by atoms with Crippen LogP contribution >= 0.6 is 0 Å². The van der Waals surface area contributed by atoms with Crippen LogP contribution in [0.1, 0.15) is 64.0 Å². The summed E-state index contributed by atoms with van der Waals surface area (Å²) in [6, 6.07) is 12.0. The van der Waals surface area contributed by atoms with Crippen LogP contribution in [0.3, 0.4) is 0 Å². The van der Waals surface area contributed by atoms with Gasteiger partial charge in [0.15, 0.2) is 0 Å². The molecule has 4 nitrogen and oxygen atoms in total. The maximum atomic E-state index is 12.2. The molecule has 2 heterocycles. The second kappa shape index (κ2) is 10.2. The van der Waals surface area contributed by atoms with Crippen LogP contribution < -0.4 is 5.32 Å². The molecule has 0 saturated carbocycles. The number of carbonyl (C=O) groups excluding carboxylic acids is 1. The lowest BCUT2D eigenvalue weighted by atomic mass is 10.0. The number of nitrogens with one attached hydrogen (secondary N) is 1. The van der Waals surface area contributed by atoms with Gasteiger partial charge in [-0.3, -0.25) is 9.69 Å². The first kappa shape index (κ1) is 20.3. The van der Waals surface area contributed by atoms with E-state index in [-0.39, 0.29) is 5.92 Å². The standard InChI is InChI=1S/C23H37N3O/c1-19(2)23(27)26-16-12-21(13-17-26)24-18-22(20-10-6-5-7-11-20)25-14-8-3-4-9-15-25/h5-7,10-11,19,21-22,24H,3-4,8-9,12-18H2,1-2H3/t22-/m1/s1. The minimum atomic E-state index is 0.111. The maximum Gasteiger partial charge on any atom is 0.225 e. The summed E-state index contributed by atoms with van der Waals surface area (Å²) in [4.78, 5) is 16.9. The summed E-state index contributed by atoms with van der Waals surface area (Å²) in [6.45, 7) is 9.22. The van der Waals surface area contributed by atoms with E-state index in [1.165, 1.54) is 44.3 Å². The van der Waals surface area contributed by atoms with Gasteiger partial charge in [-0.15, -0.1) is 0 Å². The fourth-order valence-electron chi connectivity index (χ4n) is 4.49. The van der Waals surface area contributed by atoms with Gasteiger partial charge in [0.1, 0.15) is 0 Å². The fraction of sp³-hybridized carbons (Fsp3) is 0.696. The Hall–Kier alpha value is -1.39. The van der Waals surface area contributed by atoms with Gasteiger partial charge < -0.3 is 10.2 Å². The van der Waals surface area contributed by atoms with E-state index in [0.29, 0.717) is 18.0 Å². The Labute approximate surface area is 165 Å². The third-order valence-electron chi connectivity index (χ3n) is 6.17. The molecular formula is C23H37N3O. The molecule has 0 spiro atoms. The molecule has 2 aliphatic rings. The highest BCUT2D eigenvalue weighted by Gasteiger charge is 2.26. The normalized spacial score (nSPS) is 21.2. The van der Waals surface area contributed by atoms with Crippen molar-refractivity contribution in [3.63, 3.8) is 0 Å². The average molecular weight is 372 g/mol. The zero-order valence-corrected chi connectivity index (χ0v) is 17.2.